The molecule has 0 aliphatic heterocycles. The molecule has 0 aliphatic carbocycles. The van der Waals surface area contributed by atoms with Crippen LogP contribution in [0.3, 0.4) is 0 Å². The highest BCUT2D eigenvalue weighted by atomic mass is 35.5. The lowest BCUT2D eigenvalue weighted by Crippen LogP contribution is -2.41. The number of alkyl halides is 1. The second kappa shape index (κ2) is 6.42. The number of aryl methyl sites for hydroxylation is 2. The van der Waals surface area contributed by atoms with Gasteiger partial charge in [0.05, 0.1) is 0 Å². The summed E-state index contributed by atoms with van der Waals surface area (Å²) in [6.45, 7) is 9.69. The molecule has 1 nitrogen and oxygen atoms in total. The molecule has 0 bridgehead atoms. The van der Waals surface area contributed by atoms with Crippen LogP contribution in [0.5, 0.6) is 0 Å². The summed E-state index contributed by atoms with van der Waals surface area (Å²) in [5, 5.41) is 3.63. The van der Waals surface area contributed by atoms with Crippen molar-refractivity contribution in [1.82, 2.24) is 5.32 Å². The van der Waals surface area contributed by atoms with Crippen molar-refractivity contribution in [3.8, 4) is 0 Å². The quantitative estimate of drug-likeness (QED) is 0.750. The predicted molar refractivity (Wildman–Crippen MR) is 76.8 cm³/mol. The molecule has 1 unspecified atom stereocenters. The van der Waals surface area contributed by atoms with Gasteiger partial charge in [-0.1, -0.05) is 25.1 Å². The van der Waals surface area contributed by atoms with E-state index in [0.29, 0.717) is 5.88 Å². The second-order valence-corrected chi connectivity index (χ2v) is 5.50. The van der Waals surface area contributed by atoms with E-state index < -0.39 is 0 Å². The number of hydrogen-bond donors (Lipinski definition) is 1. The van der Waals surface area contributed by atoms with E-state index in [4.69, 9.17) is 11.6 Å². The van der Waals surface area contributed by atoms with Crippen LogP contribution in [0.2, 0.25) is 0 Å². The molecule has 0 aliphatic rings. The van der Waals surface area contributed by atoms with Gasteiger partial charge >= 0.3 is 0 Å². The maximum absolute atomic E-state index is 5.85. The Morgan fingerprint density at radius 1 is 1.24 bits per heavy atom. The van der Waals surface area contributed by atoms with Crippen LogP contribution >= 0.6 is 11.6 Å². The highest BCUT2D eigenvalue weighted by Gasteiger charge is 2.19. The van der Waals surface area contributed by atoms with Gasteiger partial charge in [-0.15, -0.1) is 11.6 Å². The van der Waals surface area contributed by atoms with E-state index in [-0.39, 0.29) is 5.54 Å². The van der Waals surface area contributed by atoms with Crippen molar-refractivity contribution < 1.29 is 0 Å². The molecule has 1 atom stereocenters. The summed E-state index contributed by atoms with van der Waals surface area (Å²) in [7, 11) is 0. The number of halogens is 1. The molecule has 0 fully saturated rings. The number of hydrogen-bond acceptors (Lipinski definition) is 1. The van der Waals surface area contributed by atoms with E-state index in [1.807, 2.05) is 0 Å². The normalized spacial score (nSPS) is 14.6. The van der Waals surface area contributed by atoms with Crippen molar-refractivity contribution in [2.45, 2.75) is 52.6 Å². The first-order valence-corrected chi connectivity index (χ1v) is 6.91. The van der Waals surface area contributed by atoms with Gasteiger partial charge in [-0.05, 0) is 50.3 Å². The third-order valence-corrected chi connectivity index (χ3v) is 3.91. The van der Waals surface area contributed by atoms with Crippen LogP contribution in [0, 0.1) is 13.8 Å². The lowest BCUT2D eigenvalue weighted by molar-refractivity contribution is 0.331. The van der Waals surface area contributed by atoms with Crippen LogP contribution in [0.1, 0.15) is 43.4 Å². The van der Waals surface area contributed by atoms with Gasteiger partial charge in [0.2, 0.25) is 0 Å². The molecule has 0 saturated heterocycles. The standard InChI is InChI=1S/C15H24ClN/c1-5-15(4,8-9-16)17-11-14-7-6-12(2)13(3)10-14/h6-7,10,17H,5,8-9,11H2,1-4H3. The fourth-order valence-corrected chi connectivity index (χ4v) is 2.24. The number of benzene rings is 1. The van der Waals surface area contributed by atoms with Crippen molar-refractivity contribution in [2.75, 3.05) is 5.88 Å². The van der Waals surface area contributed by atoms with Crippen LogP contribution in [0.4, 0.5) is 0 Å². The van der Waals surface area contributed by atoms with Gasteiger partial charge in [0, 0.05) is 18.0 Å². The van der Waals surface area contributed by atoms with Gasteiger partial charge in [0.1, 0.15) is 0 Å². The minimum Gasteiger partial charge on any atom is -0.307 e. The summed E-state index contributed by atoms with van der Waals surface area (Å²) >= 11 is 5.85. The average Bonchev–Trinajstić information content (AvgIpc) is 2.31. The van der Waals surface area contributed by atoms with E-state index in [9.17, 15) is 0 Å². The van der Waals surface area contributed by atoms with Crippen molar-refractivity contribution >= 4 is 11.6 Å². The maximum atomic E-state index is 5.85. The Balaban J connectivity index is 2.62. The molecule has 0 heterocycles. The monoisotopic (exact) mass is 253 g/mol. The maximum Gasteiger partial charge on any atom is 0.0240 e. The molecule has 1 aromatic carbocycles. The summed E-state index contributed by atoms with van der Waals surface area (Å²) in [6, 6.07) is 6.66. The molecule has 1 aromatic rings. The van der Waals surface area contributed by atoms with Gasteiger partial charge in [-0.3, -0.25) is 0 Å². The van der Waals surface area contributed by atoms with E-state index in [1.54, 1.807) is 0 Å². The Hall–Kier alpha value is -0.530. The molecule has 0 aromatic heterocycles. The Morgan fingerprint density at radius 2 is 1.94 bits per heavy atom. The third kappa shape index (κ3) is 4.33. The smallest absolute Gasteiger partial charge is 0.0240 e. The summed E-state index contributed by atoms with van der Waals surface area (Å²) in [5.41, 5.74) is 4.22. The topological polar surface area (TPSA) is 12.0 Å². The van der Waals surface area contributed by atoms with Crippen molar-refractivity contribution in [1.29, 1.82) is 0 Å². The van der Waals surface area contributed by atoms with E-state index in [1.165, 1.54) is 16.7 Å². The van der Waals surface area contributed by atoms with Gasteiger partial charge in [0.15, 0.2) is 0 Å². The predicted octanol–water partition coefficient (Wildman–Crippen LogP) is 4.19. The average molecular weight is 254 g/mol. The van der Waals surface area contributed by atoms with Crippen molar-refractivity contribution in [2.24, 2.45) is 0 Å². The van der Waals surface area contributed by atoms with E-state index in [2.05, 4.69) is 51.2 Å². The zero-order valence-electron chi connectivity index (χ0n) is 11.4. The van der Waals surface area contributed by atoms with Crippen LogP contribution in [0.25, 0.3) is 0 Å². The second-order valence-electron chi connectivity index (χ2n) is 5.13. The largest absolute Gasteiger partial charge is 0.307 e. The molecule has 2 heteroatoms. The lowest BCUT2D eigenvalue weighted by atomic mass is 9.95. The Morgan fingerprint density at radius 3 is 2.47 bits per heavy atom. The first-order chi connectivity index (χ1) is 8.00. The zero-order chi connectivity index (χ0) is 12.9. The minimum absolute atomic E-state index is 0.153. The molecule has 17 heavy (non-hydrogen) atoms. The van der Waals surface area contributed by atoms with E-state index >= 15 is 0 Å². The summed E-state index contributed by atoms with van der Waals surface area (Å²) < 4.78 is 0. The summed E-state index contributed by atoms with van der Waals surface area (Å²) in [4.78, 5) is 0. The highest BCUT2D eigenvalue weighted by molar-refractivity contribution is 6.17. The molecule has 1 N–H and O–H groups in total. The number of rotatable bonds is 6. The molecule has 96 valence electrons. The first kappa shape index (κ1) is 14.5. The lowest BCUT2D eigenvalue weighted by Gasteiger charge is -2.29. The highest BCUT2D eigenvalue weighted by Crippen LogP contribution is 2.17. The minimum atomic E-state index is 0.153. The molecule has 0 saturated carbocycles. The van der Waals surface area contributed by atoms with E-state index in [0.717, 1.165) is 19.4 Å². The van der Waals surface area contributed by atoms with Crippen LogP contribution in [-0.2, 0) is 6.54 Å². The fourth-order valence-electron chi connectivity index (χ4n) is 1.83. The van der Waals surface area contributed by atoms with Crippen molar-refractivity contribution in [3.05, 3.63) is 34.9 Å². The molecule has 0 amide bonds. The van der Waals surface area contributed by atoms with Gasteiger partial charge in [-0.2, -0.15) is 0 Å². The Kier molecular flexibility index (Phi) is 5.48. The van der Waals surface area contributed by atoms with Crippen molar-refractivity contribution in [3.63, 3.8) is 0 Å². The van der Waals surface area contributed by atoms with Crippen LogP contribution in [-0.4, -0.2) is 11.4 Å². The fraction of sp³-hybridized carbons (Fsp3) is 0.600. The molecular weight excluding hydrogens is 230 g/mol. The Labute approximate surface area is 111 Å². The summed E-state index contributed by atoms with van der Waals surface area (Å²) in [5.74, 6) is 0.713. The van der Waals surface area contributed by atoms with Crippen LogP contribution < -0.4 is 5.32 Å². The van der Waals surface area contributed by atoms with Gasteiger partial charge < -0.3 is 5.32 Å². The molecule has 0 spiro atoms. The van der Waals surface area contributed by atoms with Crippen LogP contribution in [0.15, 0.2) is 18.2 Å². The first-order valence-electron chi connectivity index (χ1n) is 6.38. The molecule has 1 rings (SSSR count). The summed E-state index contributed by atoms with van der Waals surface area (Å²) in [6.07, 6.45) is 2.11. The molecule has 0 radical (unpaired) electrons. The molecular formula is C15H24ClN. The SMILES string of the molecule is CCC(C)(CCCl)NCc1ccc(C)c(C)c1. The van der Waals surface area contributed by atoms with Gasteiger partial charge in [0.25, 0.3) is 0 Å². The van der Waals surface area contributed by atoms with Gasteiger partial charge in [-0.25, -0.2) is 0 Å². The zero-order valence-corrected chi connectivity index (χ0v) is 12.2. The Bertz CT molecular complexity index is 362. The third-order valence-electron chi connectivity index (χ3n) is 3.72. The number of nitrogens with one attached hydrogen (secondary N) is 1.